The Labute approximate surface area is 80.0 Å². The Kier molecular flexibility index (Phi) is 5.50. The van der Waals surface area contributed by atoms with Crippen LogP contribution in [0.4, 0.5) is 0 Å². The first-order valence-corrected chi connectivity index (χ1v) is 5.08. The van der Waals surface area contributed by atoms with Gasteiger partial charge in [0.25, 0.3) is 0 Å². The van der Waals surface area contributed by atoms with Crippen LogP contribution in [-0.2, 0) is 9.53 Å². The summed E-state index contributed by atoms with van der Waals surface area (Å²) in [5.41, 5.74) is 0. The quantitative estimate of drug-likeness (QED) is 0.327. The molecule has 1 aliphatic rings. The van der Waals surface area contributed by atoms with E-state index >= 15 is 0 Å². The topological polar surface area (TPSA) is 29.6 Å². The van der Waals surface area contributed by atoms with Crippen molar-refractivity contribution in [2.45, 2.75) is 44.6 Å². The van der Waals surface area contributed by atoms with Crippen molar-refractivity contribution in [1.29, 1.82) is 0 Å². The molecule has 2 nitrogen and oxygen atoms in total. The van der Waals surface area contributed by atoms with Crippen molar-refractivity contribution in [3.05, 3.63) is 12.2 Å². The number of rotatable bonds is 8. The van der Waals surface area contributed by atoms with Gasteiger partial charge in [-0.05, 0) is 25.3 Å². The third-order valence-electron chi connectivity index (χ3n) is 2.24. The second kappa shape index (κ2) is 6.84. The summed E-state index contributed by atoms with van der Waals surface area (Å²) in [6.07, 6.45) is 12.9. The number of allylic oxidation sites excluding steroid dienone is 2. The summed E-state index contributed by atoms with van der Waals surface area (Å²) in [5.74, 6) is 0. The number of unbranched alkanes of at least 4 members (excludes halogenated alkanes) is 4. The van der Waals surface area contributed by atoms with E-state index in [1.54, 1.807) is 6.29 Å². The highest BCUT2D eigenvalue weighted by Gasteiger charge is 2.20. The molecule has 1 radical (unpaired) electrons. The maximum atomic E-state index is 9.80. The molecule has 1 aliphatic heterocycles. The molecule has 0 spiro atoms. The first-order chi connectivity index (χ1) is 6.43. The van der Waals surface area contributed by atoms with Crippen molar-refractivity contribution in [1.82, 2.24) is 0 Å². The van der Waals surface area contributed by atoms with Crippen LogP contribution in [0.2, 0.25) is 0 Å². The summed E-state index contributed by atoms with van der Waals surface area (Å²) >= 11 is 0. The molecule has 1 atom stereocenters. The molecule has 0 aromatic carbocycles. The van der Waals surface area contributed by atoms with Crippen molar-refractivity contribution >= 4 is 6.29 Å². The van der Waals surface area contributed by atoms with E-state index in [0.29, 0.717) is 6.10 Å². The van der Waals surface area contributed by atoms with Crippen LogP contribution < -0.4 is 0 Å². The van der Waals surface area contributed by atoms with Crippen LogP contribution in [0.5, 0.6) is 0 Å². The Morgan fingerprint density at radius 1 is 1.31 bits per heavy atom. The molecule has 1 saturated heterocycles. The molecule has 0 bridgehead atoms. The molecule has 0 aromatic rings. The van der Waals surface area contributed by atoms with Crippen LogP contribution in [0.1, 0.15) is 38.5 Å². The Morgan fingerprint density at radius 3 is 2.77 bits per heavy atom. The lowest BCUT2D eigenvalue weighted by molar-refractivity contribution is 0.388. The maximum absolute atomic E-state index is 9.80. The van der Waals surface area contributed by atoms with Gasteiger partial charge in [-0.25, -0.2) is 0 Å². The normalized spacial score (nSPS) is 20.8. The van der Waals surface area contributed by atoms with Crippen molar-refractivity contribution in [3.63, 3.8) is 0 Å². The molecule has 1 unspecified atom stereocenters. The summed E-state index contributed by atoms with van der Waals surface area (Å²) in [6.45, 7) is 0.984. The molecule has 0 N–H and O–H groups in total. The van der Waals surface area contributed by atoms with Crippen molar-refractivity contribution in [2.24, 2.45) is 0 Å². The highest BCUT2D eigenvalue weighted by molar-refractivity contribution is 5.65. The first-order valence-electron chi connectivity index (χ1n) is 5.08. The number of ether oxygens (including phenoxy) is 1. The molecule has 1 rings (SSSR count). The smallest absolute Gasteiger partial charge is 0.225 e. The zero-order valence-electron chi connectivity index (χ0n) is 8.00. The van der Waals surface area contributed by atoms with Crippen LogP contribution >= 0.6 is 0 Å². The first kappa shape index (κ1) is 10.5. The van der Waals surface area contributed by atoms with Gasteiger partial charge in [0.15, 0.2) is 0 Å². The summed E-state index contributed by atoms with van der Waals surface area (Å²) in [4.78, 5) is 9.80. The van der Waals surface area contributed by atoms with Crippen LogP contribution in [0.3, 0.4) is 0 Å². The minimum absolute atomic E-state index is 0.588. The second-order valence-electron chi connectivity index (χ2n) is 3.47. The van der Waals surface area contributed by atoms with E-state index in [1.165, 1.54) is 38.2 Å². The average molecular weight is 181 g/mol. The lowest BCUT2D eigenvalue weighted by Gasteiger charge is -1.96. The summed E-state index contributed by atoms with van der Waals surface area (Å²) in [7, 11) is 0. The number of carbonyl (C=O) groups excluding carboxylic acids is 1. The molecule has 2 heteroatoms. The molecular weight excluding hydrogens is 164 g/mol. The molecule has 0 saturated carbocycles. The molecule has 1 fully saturated rings. The van der Waals surface area contributed by atoms with E-state index in [-0.39, 0.29) is 0 Å². The number of epoxide rings is 1. The van der Waals surface area contributed by atoms with Crippen LogP contribution in [0, 0.1) is 0 Å². The van der Waals surface area contributed by atoms with Crippen molar-refractivity contribution in [2.75, 3.05) is 6.61 Å². The Hall–Kier alpha value is -0.630. The van der Waals surface area contributed by atoms with Gasteiger partial charge >= 0.3 is 0 Å². The van der Waals surface area contributed by atoms with Gasteiger partial charge in [0.1, 0.15) is 0 Å². The standard InChI is InChI=1S/C11H17O2/c12-9-7-5-3-1-2-4-6-8-11-10-13-11/h5,7,11H,1-4,6,8,10H2. The van der Waals surface area contributed by atoms with Crippen molar-refractivity contribution in [3.8, 4) is 0 Å². The maximum Gasteiger partial charge on any atom is 0.225 e. The highest BCUT2D eigenvalue weighted by atomic mass is 16.6. The lowest BCUT2D eigenvalue weighted by atomic mass is 10.1. The van der Waals surface area contributed by atoms with Gasteiger partial charge in [-0.2, -0.15) is 0 Å². The predicted molar refractivity (Wildman–Crippen MR) is 52.3 cm³/mol. The Balaban J connectivity index is 1.72. The van der Waals surface area contributed by atoms with Gasteiger partial charge in [-0.15, -0.1) is 0 Å². The van der Waals surface area contributed by atoms with Crippen LogP contribution in [0.15, 0.2) is 12.2 Å². The van der Waals surface area contributed by atoms with Crippen molar-refractivity contribution < 1.29 is 9.53 Å². The molecule has 1 heterocycles. The molecular formula is C11H17O2. The zero-order valence-corrected chi connectivity index (χ0v) is 8.00. The fourth-order valence-electron chi connectivity index (χ4n) is 1.35. The van der Waals surface area contributed by atoms with E-state index in [2.05, 4.69) is 0 Å². The van der Waals surface area contributed by atoms with Gasteiger partial charge in [-0.1, -0.05) is 25.3 Å². The second-order valence-corrected chi connectivity index (χ2v) is 3.47. The fraction of sp³-hybridized carbons (Fsp3) is 0.727. The molecule has 0 amide bonds. The van der Waals surface area contributed by atoms with E-state index < -0.39 is 0 Å². The van der Waals surface area contributed by atoms with E-state index in [9.17, 15) is 4.79 Å². The van der Waals surface area contributed by atoms with Gasteiger partial charge in [-0.3, -0.25) is 4.79 Å². The highest BCUT2D eigenvalue weighted by Crippen LogP contribution is 2.17. The van der Waals surface area contributed by atoms with E-state index in [1.807, 2.05) is 6.08 Å². The van der Waals surface area contributed by atoms with E-state index in [0.717, 1.165) is 13.0 Å². The van der Waals surface area contributed by atoms with E-state index in [4.69, 9.17) is 4.74 Å². The third-order valence-corrected chi connectivity index (χ3v) is 2.24. The van der Waals surface area contributed by atoms with Crippen LogP contribution in [-0.4, -0.2) is 19.0 Å². The molecule has 73 valence electrons. The van der Waals surface area contributed by atoms with Gasteiger partial charge in [0.2, 0.25) is 6.29 Å². The predicted octanol–water partition coefficient (Wildman–Crippen LogP) is 2.39. The molecule has 0 aliphatic carbocycles. The SMILES string of the molecule is O=[C]C=CCCCCCCC1CO1. The lowest BCUT2D eigenvalue weighted by Crippen LogP contribution is -1.85. The monoisotopic (exact) mass is 181 g/mol. The summed E-state index contributed by atoms with van der Waals surface area (Å²) in [6, 6.07) is 0. The molecule has 13 heavy (non-hydrogen) atoms. The minimum atomic E-state index is 0.588. The van der Waals surface area contributed by atoms with Gasteiger partial charge in [0, 0.05) is 0 Å². The third kappa shape index (κ3) is 6.52. The Morgan fingerprint density at radius 2 is 2.08 bits per heavy atom. The Bertz CT molecular complexity index is 159. The summed E-state index contributed by atoms with van der Waals surface area (Å²) < 4.78 is 5.11. The molecule has 0 aromatic heterocycles. The zero-order chi connectivity index (χ0) is 9.36. The number of hydrogen-bond acceptors (Lipinski definition) is 2. The van der Waals surface area contributed by atoms with Gasteiger partial charge < -0.3 is 4.74 Å². The van der Waals surface area contributed by atoms with Gasteiger partial charge in [0.05, 0.1) is 12.7 Å². The number of hydrogen-bond donors (Lipinski definition) is 0. The largest absolute Gasteiger partial charge is 0.373 e. The minimum Gasteiger partial charge on any atom is -0.373 e. The average Bonchev–Trinajstić information content (AvgIpc) is 2.93. The summed E-state index contributed by atoms with van der Waals surface area (Å²) in [5, 5.41) is 0. The van der Waals surface area contributed by atoms with Crippen LogP contribution in [0.25, 0.3) is 0 Å². The fourth-order valence-corrected chi connectivity index (χ4v) is 1.35.